The van der Waals surface area contributed by atoms with Crippen molar-refractivity contribution in [2.45, 2.75) is 39.7 Å². The summed E-state index contributed by atoms with van der Waals surface area (Å²) in [7, 11) is 0. The van der Waals surface area contributed by atoms with E-state index < -0.39 is 12.0 Å². The van der Waals surface area contributed by atoms with Crippen molar-refractivity contribution < 1.29 is 14.6 Å². The molecule has 3 N–H and O–H groups in total. The average molecular weight is 277 g/mol. The summed E-state index contributed by atoms with van der Waals surface area (Å²) in [6.45, 7) is 6.88. The van der Waals surface area contributed by atoms with Gasteiger partial charge in [0.25, 0.3) is 0 Å². The van der Waals surface area contributed by atoms with E-state index in [4.69, 9.17) is 15.6 Å². The zero-order valence-corrected chi connectivity index (χ0v) is 12.3. The lowest BCUT2D eigenvalue weighted by Gasteiger charge is -2.10. The van der Waals surface area contributed by atoms with Crippen molar-refractivity contribution in [2.75, 3.05) is 6.61 Å². The third-order valence-electron chi connectivity index (χ3n) is 3.41. The lowest BCUT2D eigenvalue weighted by Crippen LogP contribution is -2.32. The molecule has 0 aliphatic carbocycles. The Labute approximate surface area is 120 Å². The number of carboxylic acid groups (broad SMARTS) is 1. The second-order valence-corrected chi connectivity index (χ2v) is 5.00. The molecule has 1 aromatic rings. The number of allylic oxidation sites excluding steroid dienone is 1. The van der Waals surface area contributed by atoms with Crippen LogP contribution in [-0.4, -0.2) is 23.7 Å². The van der Waals surface area contributed by atoms with E-state index in [0.29, 0.717) is 13.0 Å². The minimum Gasteiger partial charge on any atom is -0.489 e. The quantitative estimate of drug-likeness (QED) is 0.752. The van der Waals surface area contributed by atoms with Crippen LogP contribution in [0, 0.1) is 0 Å². The van der Waals surface area contributed by atoms with Gasteiger partial charge in [-0.1, -0.05) is 24.6 Å². The molecule has 0 saturated carbocycles. The summed E-state index contributed by atoms with van der Waals surface area (Å²) in [6, 6.07) is 6.53. The highest BCUT2D eigenvalue weighted by atomic mass is 16.5. The first kappa shape index (κ1) is 16.2. The van der Waals surface area contributed by atoms with E-state index >= 15 is 0 Å². The highest BCUT2D eigenvalue weighted by Gasteiger charge is 2.11. The van der Waals surface area contributed by atoms with Gasteiger partial charge in [0, 0.05) is 0 Å². The van der Waals surface area contributed by atoms with Crippen molar-refractivity contribution in [3.63, 3.8) is 0 Å². The van der Waals surface area contributed by atoms with Crippen LogP contribution in [-0.2, 0) is 11.2 Å². The third-order valence-corrected chi connectivity index (χ3v) is 3.41. The van der Waals surface area contributed by atoms with Crippen LogP contribution >= 0.6 is 0 Å². The first-order valence-electron chi connectivity index (χ1n) is 6.79. The molecule has 0 spiro atoms. The van der Waals surface area contributed by atoms with Gasteiger partial charge in [0.15, 0.2) is 0 Å². The van der Waals surface area contributed by atoms with Crippen LogP contribution in [0.15, 0.2) is 35.4 Å². The molecule has 0 bridgehead atoms. The molecular formula is C16H23NO3. The van der Waals surface area contributed by atoms with Crippen molar-refractivity contribution in [3.8, 4) is 5.75 Å². The molecule has 110 valence electrons. The molecule has 0 aromatic heterocycles. The zero-order chi connectivity index (χ0) is 15.1. The van der Waals surface area contributed by atoms with Gasteiger partial charge in [-0.3, -0.25) is 4.79 Å². The highest BCUT2D eigenvalue weighted by molar-refractivity contribution is 5.73. The number of hydrogen-bond donors (Lipinski definition) is 2. The maximum absolute atomic E-state index is 10.7. The lowest BCUT2D eigenvalue weighted by atomic mass is 10.1. The van der Waals surface area contributed by atoms with Crippen LogP contribution in [0.2, 0.25) is 0 Å². The van der Waals surface area contributed by atoms with E-state index in [1.807, 2.05) is 24.3 Å². The Morgan fingerprint density at radius 2 is 1.85 bits per heavy atom. The van der Waals surface area contributed by atoms with Crippen LogP contribution in [0.4, 0.5) is 0 Å². The number of ether oxygens (including phenoxy) is 1. The predicted octanol–water partition coefficient (Wildman–Crippen LogP) is 2.77. The second-order valence-electron chi connectivity index (χ2n) is 5.00. The van der Waals surface area contributed by atoms with Crippen molar-refractivity contribution >= 4 is 5.97 Å². The van der Waals surface area contributed by atoms with Crippen LogP contribution < -0.4 is 10.5 Å². The predicted molar refractivity (Wildman–Crippen MR) is 79.9 cm³/mol. The monoisotopic (exact) mass is 277 g/mol. The van der Waals surface area contributed by atoms with Gasteiger partial charge in [-0.25, -0.2) is 0 Å². The normalized spacial score (nSPS) is 13.6. The Kier molecular flexibility index (Phi) is 6.25. The van der Waals surface area contributed by atoms with E-state index in [9.17, 15) is 4.79 Å². The molecular weight excluding hydrogens is 254 g/mol. The molecule has 0 fully saturated rings. The molecule has 1 atom stereocenters. The molecule has 0 aliphatic rings. The number of carboxylic acids is 1. The first-order chi connectivity index (χ1) is 9.43. The molecule has 0 heterocycles. The van der Waals surface area contributed by atoms with Gasteiger partial charge in [-0.2, -0.15) is 0 Å². The summed E-state index contributed by atoms with van der Waals surface area (Å²) in [5.41, 5.74) is 8.97. The largest absolute Gasteiger partial charge is 0.489 e. The first-order valence-corrected chi connectivity index (χ1v) is 6.79. The van der Waals surface area contributed by atoms with Crippen LogP contribution in [0.1, 0.15) is 32.8 Å². The van der Waals surface area contributed by atoms with E-state index in [0.717, 1.165) is 17.7 Å². The summed E-state index contributed by atoms with van der Waals surface area (Å²) in [4.78, 5) is 10.7. The van der Waals surface area contributed by atoms with Gasteiger partial charge >= 0.3 is 5.97 Å². The number of carbonyl (C=O) groups is 1. The SMILES string of the molecule is CCC(C)=C(C)COc1ccc(CC(N)C(=O)O)cc1. The third kappa shape index (κ3) is 5.05. The standard InChI is InChI=1S/C16H23NO3/c1-4-11(2)12(3)10-20-14-7-5-13(6-8-14)9-15(17)16(18)19/h5-8,15H,4,9-10,17H2,1-3H3,(H,18,19). The number of aliphatic carboxylic acids is 1. The van der Waals surface area contributed by atoms with E-state index in [2.05, 4.69) is 20.8 Å². The number of hydrogen-bond acceptors (Lipinski definition) is 3. The Hall–Kier alpha value is -1.81. The molecule has 0 radical (unpaired) electrons. The van der Waals surface area contributed by atoms with Crippen molar-refractivity contribution in [2.24, 2.45) is 5.73 Å². The Bertz CT molecular complexity index is 477. The van der Waals surface area contributed by atoms with Crippen LogP contribution in [0.5, 0.6) is 5.75 Å². The van der Waals surface area contributed by atoms with Gasteiger partial charge in [-0.05, 0) is 50.0 Å². The van der Waals surface area contributed by atoms with E-state index in [1.54, 1.807) is 0 Å². The summed E-state index contributed by atoms with van der Waals surface area (Å²) in [6.07, 6.45) is 1.35. The Morgan fingerprint density at radius 3 is 2.35 bits per heavy atom. The lowest BCUT2D eigenvalue weighted by molar-refractivity contribution is -0.138. The van der Waals surface area contributed by atoms with Crippen molar-refractivity contribution in [3.05, 3.63) is 41.0 Å². The van der Waals surface area contributed by atoms with Crippen molar-refractivity contribution in [1.82, 2.24) is 0 Å². The fourth-order valence-electron chi connectivity index (χ4n) is 1.68. The minimum absolute atomic E-state index is 0.323. The molecule has 0 amide bonds. The smallest absolute Gasteiger partial charge is 0.320 e. The minimum atomic E-state index is -0.985. The number of benzene rings is 1. The second kappa shape index (κ2) is 7.70. The fourth-order valence-corrected chi connectivity index (χ4v) is 1.68. The summed E-state index contributed by atoms with van der Waals surface area (Å²) in [5, 5.41) is 8.76. The zero-order valence-electron chi connectivity index (χ0n) is 12.3. The van der Waals surface area contributed by atoms with Gasteiger partial charge in [0.2, 0.25) is 0 Å². The summed E-state index contributed by atoms with van der Waals surface area (Å²) >= 11 is 0. The Balaban J connectivity index is 2.57. The average Bonchev–Trinajstić information content (AvgIpc) is 2.45. The van der Waals surface area contributed by atoms with Gasteiger partial charge in [0.05, 0.1) is 0 Å². The highest BCUT2D eigenvalue weighted by Crippen LogP contribution is 2.15. The molecule has 4 nitrogen and oxygen atoms in total. The number of rotatable bonds is 7. The fraction of sp³-hybridized carbons (Fsp3) is 0.438. The maximum Gasteiger partial charge on any atom is 0.320 e. The molecule has 0 saturated heterocycles. The summed E-state index contributed by atoms with van der Waals surface area (Å²) in [5.74, 6) is -0.206. The molecule has 1 aromatic carbocycles. The molecule has 0 aliphatic heterocycles. The molecule has 1 rings (SSSR count). The molecule has 1 unspecified atom stereocenters. The van der Waals surface area contributed by atoms with Gasteiger partial charge in [-0.15, -0.1) is 0 Å². The topological polar surface area (TPSA) is 72.5 Å². The van der Waals surface area contributed by atoms with Crippen LogP contribution in [0.25, 0.3) is 0 Å². The maximum atomic E-state index is 10.7. The number of nitrogens with two attached hydrogens (primary N) is 1. The van der Waals surface area contributed by atoms with Gasteiger partial charge < -0.3 is 15.6 Å². The molecule has 4 heteroatoms. The van der Waals surface area contributed by atoms with E-state index in [-0.39, 0.29) is 0 Å². The van der Waals surface area contributed by atoms with Crippen molar-refractivity contribution in [1.29, 1.82) is 0 Å². The Morgan fingerprint density at radius 1 is 1.25 bits per heavy atom. The van der Waals surface area contributed by atoms with Gasteiger partial charge in [0.1, 0.15) is 18.4 Å². The van der Waals surface area contributed by atoms with E-state index in [1.165, 1.54) is 11.1 Å². The molecule has 20 heavy (non-hydrogen) atoms. The van der Waals surface area contributed by atoms with Crippen LogP contribution in [0.3, 0.4) is 0 Å². The summed E-state index contributed by atoms with van der Waals surface area (Å²) < 4.78 is 5.69.